The fraction of sp³-hybridized carbons (Fsp3) is 0.417. The van der Waals surface area contributed by atoms with Crippen molar-refractivity contribution in [3.63, 3.8) is 0 Å². The molecule has 0 aliphatic rings. The van der Waals surface area contributed by atoms with Gasteiger partial charge in [-0.2, -0.15) is 0 Å². The number of aliphatic carboxylic acids is 1. The first-order valence-electron chi connectivity index (χ1n) is 5.30. The summed E-state index contributed by atoms with van der Waals surface area (Å²) in [6.07, 6.45) is 0. The van der Waals surface area contributed by atoms with Crippen LogP contribution in [-0.2, 0) is 11.3 Å². The lowest BCUT2D eigenvalue weighted by molar-refractivity contribution is -0.139. The van der Waals surface area contributed by atoms with Crippen molar-refractivity contribution in [3.8, 4) is 0 Å². The number of carbonyl (C=O) groups is 1. The van der Waals surface area contributed by atoms with Crippen molar-refractivity contribution >= 4 is 5.97 Å². The van der Waals surface area contributed by atoms with E-state index in [9.17, 15) is 13.6 Å². The molecule has 3 nitrogen and oxygen atoms in total. The van der Waals surface area contributed by atoms with E-state index in [0.29, 0.717) is 0 Å². The summed E-state index contributed by atoms with van der Waals surface area (Å²) in [4.78, 5) is 12.1. The number of benzene rings is 1. The number of rotatable bonds is 5. The summed E-state index contributed by atoms with van der Waals surface area (Å²) in [5.74, 6) is -2.32. The normalized spacial score (nSPS) is 11.2. The van der Waals surface area contributed by atoms with Gasteiger partial charge in [0.2, 0.25) is 0 Å². The van der Waals surface area contributed by atoms with Gasteiger partial charge in [-0.25, -0.2) is 8.78 Å². The monoisotopic (exact) mass is 243 g/mol. The molecule has 0 bridgehead atoms. The summed E-state index contributed by atoms with van der Waals surface area (Å²) in [6.45, 7) is 3.26. The molecule has 0 fully saturated rings. The molecule has 0 aliphatic heterocycles. The van der Waals surface area contributed by atoms with Gasteiger partial charge in [0, 0.05) is 18.2 Å². The van der Waals surface area contributed by atoms with E-state index in [1.807, 2.05) is 0 Å². The van der Waals surface area contributed by atoms with Gasteiger partial charge in [-0.3, -0.25) is 9.69 Å². The average Bonchev–Trinajstić information content (AvgIpc) is 2.21. The molecule has 0 aliphatic carbocycles. The molecule has 1 N–H and O–H groups in total. The third kappa shape index (κ3) is 3.78. The van der Waals surface area contributed by atoms with Crippen LogP contribution in [0.1, 0.15) is 19.4 Å². The standard InChI is InChI=1S/C12H15F2NO2/c1-8(2)15(7-12(16)17)6-9-10(13)4-3-5-11(9)14/h3-5,8H,6-7H2,1-2H3,(H,16,17). The highest BCUT2D eigenvalue weighted by Gasteiger charge is 2.18. The van der Waals surface area contributed by atoms with Gasteiger partial charge in [0.25, 0.3) is 0 Å². The van der Waals surface area contributed by atoms with E-state index in [-0.39, 0.29) is 24.7 Å². The molecule has 0 aromatic heterocycles. The Morgan fingerprint density at radius 3 is 2.29 bits per heavy atom. The van der Waals surface area contributed by atoms with Crippen LogP contribution in [0.25, 0.3) is 0 Å². The number of halogens is 2. The summed E-state index contributed by atoms with van der Waals surface area (Å²) < 4.78 is 26.8. The molecule has 0 spiro atoms. The highest BCUT2D eigenvalue weighted by molar-refractivity contribution is 5.69. The van der Waals surface area contributed by atoms with Crippen LogP contribution in [0.2, 0.25) is 0 Å². The molecule has 0 saturated heterocycles. The van der Waals surface area contributed by atoms with E-state index in [2.05, 4.69) is 0 Å². The molecule has 0 heterocycles. The molecule has 1 rings (SSSR count). The van der Waals surface area contributed by atoms with E-state index in [4.69, 9.17) is 5.11 Å². The zero-order valence-corrected chi connectivity index (χ0v) is 9.78. The predicted molar refractivity (Wildman–Crippen MR) is 59.5 cm³/mol. The lowest BCUT2D eigenvalue weighted by Crippen LogP contribution is -2.35. The van der Waals surface area contributed by atoms with Gasteiger partial charge in [0.05, 0.1) is 6.54 Å². The fourth-order valence-corrected chi connectivity index (χ4v) is 1.48. The topological polar surface area (TPSA) is 40.5 Å². The van der Waals surface area contributed by atoms with Gasteiger partial charge in [0.15, 0.2) is 0 Å². The van der Waals surface area contributed by atoms with E-state index in [1.165, 1.54) is 11.0 Å². The van der Waals surface area contributed by atoms with E-state index in [1.54, 1.807) is 13.8 Å². The van der Waals surface area contributed by atoms with Crippen molar-refractivity contribution in [3.05, 3.63) is 35.4 Å². The van der Waals surface area contributed by atoms with Crippen LogP contribution in [0.3, 0.4) is 0 Å². The fourth-order valence-electron chi connectivity index (χ4n) is 1.48. The van der Waals surface area contributed by atoms with Crippen LogP contribution >= 0.6 is 0 Å². The second-order valence-corrected chi connectivity index (χ2v) is 4.09. The van der Waals surface area contributed by atoms with Crippen LogP contribution in [0, 0.1) is 11.6 Å². The first-order chi connectivity index (χ1) is 7.91. The maximum absolute atomic E-state index is 13.4. The third-order valence-corrected chi connectivity index (χ3v) is 2.49. The van der Waals surface area contributed by atoms with E-state index < -0.39 is 17.6 Å². The Balaban J connectivity index is 2.89. The Kier molecular flexibility index (Phi) is 4.57. The van der Waals surface area contributed by atoms with E-state index >= 15 is 0 Å². The molecule has 1 aromatic rings. The van der Waals surface area contributed by atoms with Gasteiger partial charge in [-0.1, -0.05) is 6.07 Å². The van der Waals surface area contributed by atoms with Crippen LogP contribution in [0.5, 0.6) is 0 Å². The number of carboxylic acids is 1. The second-order valence-electron chi connectivity index (χ2n) is 4.09. The van der Waals surface area contributed by atoms with Crippen molar-refractivity contribution in [1.29, 1.82) is 0 Å². The molecule has 0 atom stereocenters. The van der Waals surface area contributed by atoms with E-state index in [0.717, 1.165) is 12.1 Å². The van der Waals surface area contributed by atoms with Crippen molar-refractivity contribution in [2.24, 2.45) is 0 Å². The molecule has 17 heavy (non-hydrogen) atoms. The van der Waals surface area contributed by atoms with Crippen LogP contribution in [0.15, 0.2) is 18.2 Å². The van der Waals surface area contributed by atoms with Crippen molar-refractivity contribution in [2.75, 3.05) is 6.54 Å². The maximum atomic E-state index is 13.4. The number of nitrogens with zero attached hydrogens (tertiary/aromatic N) is 1. The van der Waals surface area contributed by atoms with Gasteiger partial charge in [-0.15, -0.1) is 0 Å². The first-order valence-corrected chi connectivity index (χ1v) is 5.30. The Labute approximate surface area is 98.7 Å². The summed E-state index contributed by atoms with van der Waals surface area (Å²) in [5, 5.41) is 8.72. The smallest absolute Gasteiger partial charge is 0.317 e. The molecule has 0 amide bonds. The van der Waals surface area contributed by atoms with Crippen molar-refractivity contribution in [2.45, 2.75) is 26.4 Å². The second kappa shape index (κ2) is 5.72. The Bertz CT molecular complexity index is 387. The molecule has 0 radical (unpaired) electrons. The largest absolute Gasteiger partial charge is 0.480 e. The minimum Gasteiger partial charge on any atom is -0.480 e. The molecular formula is C12H15F2NO2. The van der Waals surface area contributed by atoms with Gasteiger partial charge in [-0.05, 0) is 26.0 Å². The minimum absolute atomic E-state index is 0.0531. The van der Waals surface area contributed by atoms with Gasteiger partial charge < -0.3 is 5.11 Å². The quantitative estimate of drug-likeness (QED) is 0.862. The van der Waals surface area contributed by atoms with Crippen LogP contribution in [-0.4, -0.2) is 28.6 Å². The molecular weight excluding hydrogens is 228 g/mol. The Morgan fingerprint density at radius 1 is 1.35 bits per heavy atom. The average molecular weight is 243 g/mol. The van der Waals surface area contributed by atoms with Gasteiger partial charge in [0.1, 0.15) is 11.6 Å². The van der Waals surface area contributed by atoms with Crippen molar-refractivity contribution in [1.82, 2.24) is 4.90 Å². The summed E-state index contributed by atoms with van der Waals surface area (Å²) in [7, 11) is 0. The van der Waals surface area contributed by atoms with Gasteiger partial charge >= 0.3 is 5.97 Å². The Morgan fingerprint density at radius 2 is 1.88 bits per heavy atom. The highest BCUT2D eigenvalue weighted by atomic mass is 19.1. The molecule has 1 aromatic carbocycles. The summed E-state index contributed by atoms with van der Waals surface area (Å²) in [5.41, 5.74) is -0.0950. The first kappa shape index (κ1) is 13.6. The zero-order chi connectivity index (χ0) is 13.0. The predicted octanol–water partition coefficient (Wildman–Crippen LogP) is 2.26. The highest BCUT2D eigenvalue weighted by Crippen LogP contribution is 2.15. The third-order valence-electron chi connectivity index (χ3n) is 2.49. The minimum atomic E-state index is -1.02. The van der Waals surface area contributed by atoms with Crippen LogP contribution in [0.4, 0.5) is 8.78 Å². The lowest BCUT2D eigenvalue weighted by Gasteiger charge is -2.24. The number of hydrogen-bond acceptors (Lipinski definition) is 2. The molecule has 0 unspecified atom stereocenters. The lowest BCUT2D eigenvalue weighted by atomic mass is 10.1. The Hall–Kier alpha value is -1.49. The molecule has 5 heteroatoms. The summed E-state index contributed by atoms with van der Waals surface area (Å²) in [6, 6.07) is 3.51. The molecule has 94 valence electrons. The summed E-state index contributed by atoms with van der Waals surface area (Å²) >= 11 is 0. The number of carboxylic acid groups (broad SMARTS) is 1. The zero-order valence-electron chi connectivity index (χ0n) is 9.78. The maximum Gasteiger partial charge on any atom is 0.317 e. The molecule has 0 saturated carbocycles. The van der Waals surface area contributed by atoms with Crippen molar-refractivity contribution < 1.29 is 18.7 Å². The van der Waals surface area contributed by atoms with Crippen LogP contribution < -0.4 is 0 Å². The SMILES string of the molecule is CC(C)N(CC(=O)O)Cc1c(F)cccc1F. The number of hydrogen-bond donors (Lipinski definition) is 1.